The van der Waals surface area contributed by atoms with E-state index in [1.165, 1.54) is 4.90 Å². The molecule has 0 aromatic carbocycles. The second-order valence-electron chi connectivity index (χ2n) is 4.44. The van der Waals surface area contributed by atoms with Crippen molar-refractivity contribution in [2.45, 2.75) is 26.5 Å². The van der Waals surface area contributed by atoms with Crippen molar-refractivity contribution in [3.05, 3.63) is 17.5 Å². The topological polar surface area (TPSA) is 84.7 Å². The SMILES string of the molecule is CCn1nc(C)cc1C(=O)N1CCOC(C(=O)O)C1. The van der Waals surface area contributed by atoms with Crippen molar-refractivity contribution in [2.24, 2.45) is 0 Å². The molecule has 0 radical (unpaired) electrons. The highest BCUT2D eigenvalue weighted by atomic mass is 16.5. The third-order valence-electron chi connectivity index (χ3n) is 3.05. The van der Waals surface area contributed by atoms with E-state index < -0.39 is 12.1 Å². The summed E-state index contributed by atoms with van der Waals surface area (Å²) in [7, 11) is 0. The minimum Gasteiger partial charge on any atom is -0.479 e. The van der Waals surface area contributed by atoms with Crippen LogP contribution in [-0.2, 0) is 16.1 Å². The Morgan fingerprint density at radius 2 is 2.32 bits per heavy atom. The van der Waals surface area contributed by atoms with Gasteiger partial charge in [0.25, 0.3) is 5.91 Å². The van der Waals surface area contributed by atoms with E-state index in [0.29, 0.717) is 18.8 Å². The highest BCUT2D eigenvalue weighted by molar-refractivity contribution is 5.93. The first-order chi connectivity index (χ1) is 9.02. The maximum atomic E-state index is 12.4. The summed E-state index contributed by atoms with van der Waals surface area (Å²) in [5.74, 6) is -1.24. The van der Waals surface area contributed by atoms with Crippen LogP contribution in [0, 0.1) is 6.92 Å². The fraction of sp³-hybridized carbons (Fsp3) is 0.583. The average molecular weight is 267 g/mol. The Morgan fingerprint density at radius 3 is 2.95 bits per heavy atom. The molecule has 0 saturated carbocycles. The summed E-state index contributed by atoms with van der Waals surface area (Å²) < 4.78 is 6.73. The van der Waals surface area contributed by atoms with Crippen LogP contribution in [0.2, 0.25) is 0 Å². The van der Waals surface area contributed by atoms with Crippen molar-refractivity contribution in [1.29, 1.82) is 0 Å². The predicted octanol–water partition coefficient (Wildman–Crippen LogP) is 0.137. The lowest BCUT2D eigenvalue weighted by Gasteiger charge is -2.30. The Bertz CT molecular complexity index is 497. The molecule has 1 aliphatic rings. The van der Waals surface area contributed by atoms with Gasteiger partial charge in [-0.2, -0.15) is 5.10 Å². The van der Waals surface area contributed by atoms with Gasteiger partial charge in [-0.1, -0.05) is 0 Å². The highest BCUT2D eigenvalue weighted by Crippen LogP contribution is 2.12. The molecule has 7 heteroatoms. The van der Waals surface area contributed by atoms with Crippen molar-refractivity contribution in [2.75, 3.05) is 19.7 Å². The highest BCUT2D eigenvalue weighted by Gasteiger charge is 2.30. The zero-order valence-corrected chi connectivity index (χ0v) is 11.0. The van der Waals surface area contributed by atoms with Gasteiger partial charge in [-0.25, -0.2) is 4.79 Å². The number of carboxylic acid groups (broad SMARTS) is 1. The van der Waals surface area contributed by atoms with E-state index in [2.05, 4.69) is 5.10 Å². The number of hydrogen-bond acceptors (Lipinski definition) is 4. The van der Waals surface area contributed by atoms with Crippen LogP contribution < -0.4 is 0 Å². The number of amides is 1. The number of carboxylic acids is 1. The number of nitrogens with zero attached hydrogens (tertiary/aromatic N) is 3. The molecular formula is C12H17N3O4. The number of aromatic nitrogens is 2. The van der Waals surface area contributed by atoms with Crippen LogP contribution in [0.25, 0.3) is 0 Å². The summed E-state index contributed by atoms with van der Waals surface area (Å²) in [5, 5.41) is 13.2. The zero-order chi connectivity index (χ0) is 14.0. The van der Waals surface area contributed by atoms with E-state index in [1.54, 1.807) is 10.7 Å². The molecule has 7 nitrogen and oxygen atoms in total. The molecule has 1 aliphatic heterocycles. The summed E-state index contributed by atoms with van der Waals surface area (Å²) in [6.07, 6.45) is -0.947. The van der Waals surface area contributed by atoms with Crippen molar-refractivity contribution >= 4 is 11.9 Å². The quantitative estimate of drug-likeness (QED) is 0.842. The molecule has 1 amide bonds. The lowest BCUT2D eigenvalue weighted by atomic mass is 10.2. The van der Waals surface area contributed by atoms with Gasteiger partial charge in [-0.15, -0.1) is 0 Å². The summed E-state index contributed by atoms with van der Waals surface area (Å²) in [4.78, 5) is 24.8. The fourth-order valence-corrected chi connectivity index (χ4v) is 2.10. The van der Waals surface area contributed by atoms with Gasteiger partial charge in [0.05, 0.1) is 18.8 Å². The van der Waals surface area contributed by atoms with E-state index in [4.69, 9.17) is 9.84 Å². The number of aliphatic carboxylic acids is 1. The van der Waals surface area contributed by atoms with Crippen LogP contribution in [0.5, 0.6) is 0 Å². The first-order valence-corrected chi connectivity index (χ1v) is 6.21. The smallest absolute Gasteiger partial charge is 0.334 e. The summed E-state index contributed by atoms with van der Waals surface area (Å²) in [6, 6.07) is 1.72. The number of aryl methyl sites for hydroxylation is 2. The minimum atomic E-state index is -1.04. The van der Waals surface area contributed by atoms with E-state index in [9.17, 15) is 9.59 Å². The molecule has 0 aliphatic carbocycles. The molecule has 19 heavy (non-hydrogen) atoms. The number of hydrogen-bond donors (Lipinski definition) is 1. The molecule has 2 heterocycles. The minimum absolute atomic E-state index is 0.0715. The van der Waals surface area contributed by atoms with Crippen molar-refractivity contribution in [3.8, 4) is 0 Å². The van der Waals surface area contributed by atoms with Crippen LogP contribution in [0.3, 0.4) is 0 Å². The lowest BCUT2D eigenvalue weighted by molar-refractivity contribution is -0.154. The number of ether oxygens (including phenoxy) is 1. The third-order valence-corrected chi connectivity index (χ3v) is 3.05. The second kappa shape index (κ2) is 5.40. The Balaban J connectivity index is 2.16. The van der Waals surface area contributed by atoms with E-state index in [-0.39, 0.29) is 19.1 Å². The molecule has 1 aromatic heterocycles. The Hall–Kier alpha value is -1.89. The van der Waals surface area contributed by atoms with Gasteiger partial charge in [0, 0.05) is 13.1 Å². The molecule has 0 spiro atoms. The first-order valence-electron chi connectivity index (χ1n) is 6.21. The number of morpholine rings is 1. The van der Waals surface area contributed by atoms with Crippen LogP contribution in [0.15, 0.2) is 6.07 Å². The van der Waals surface area contributed by atoms with Crippen molar-refractivity contribution in [1.82, 2.24) is 14.7 Å². The number of rotatable bonds is 3. The Morgan fingerprint density at radius 1 is 1.58 bits per heavy atom. The molecule has 1 saturated heterocycles. The van der Waals surface area contributed by atoms with Gasteiger partial charge in [0.15, 0.2) is 6.10 Å². The zero-order valence-electron chi connectivity index (χ0n) is 11.0. The average Bonchev–Trinajstić information content (AvgIpc) is 2.79. The van der Waals surface area contributed by atoms with Gasteiger partial charge in [-0.05, 0) is 19.9 Å². The second-order valence-corrected chi connectivity index (χ2v) is 4.44. The van der Waals surface area contributed by atoms with Crippen LogP contribution >= 0.6 is 0 Å². The normalized spacial score (nSPS) is 19.5. The molecule has 1 N–H and O–H groups in total. The lowest BCUT2D eigenvalue weighted by Crippen LogP contribution is -2.48. The van der Waals surface area contributed by atoms with Gasteiger partial charge >= 0.3 is 5.97 Å². The Kier molecular flexibility index (Phi) is 3.84. The fourth-order valence-electron chi connectivity index (χ4n) is 2.10. The van der Waals surface area contributed by atoms with Crippen molar-refractivity contribution in [3.63, 3.8) is 0 Å². The maximum absolute atomic E-state index is 12.4. The first kappa shape index (κ1) is 13.5. The predicted molar refractivity (Wildman–Crippen MR) is 65.9 cm³/mol. The van der Waals surface area contributed by atoms with Gasteiger partial charge in [0.1, 0.15) is 5.69 Å². The summed E-state index contributed by atoms with van der Waals surface area (Å²) in [5.41, 5.74) is 1.26. The van der Waals surface area contributed by atoms with Crippen LogP contribution in [-0.4, -0.2) is 57.5 Å². The maximum Gasteiger partial charge on any atom is 0.334 e. The molecule has 2 rings (SSSR count). The summed E-state index contributed by atoms with van der Waals surface area (Å²) >= 11 is 0. The third kappa shape index (κ3) is 2.76. The monoisotopic (exact) mass is 267 g/mol. The summed E-state index contributed by atoms with van der Waals surface area (Å²) in [6.45, 7) is 5.03. The van der Waals surface area contributed by atoms with Crippen LogP contribution in [0.1, 0.15) is 23.1 Å². The molecule has 1 aromatic rings. The van der Waals surface area contributed by atoms with Gasteiger partial charge in [0.2, 0.25) is 0 Å². The van der Waals surface area contributed by atoms with E-state index in [0.717, 1.165) is 5.69 Å². The van der Waals surface area contributed by atoms with Crippen molar-refractivity contribution < 1.29 is 19.4 Å². The molecule has 104 valence electrons. The van der Waals surface area contributed by atoms with E-state index in [1.807, 2.05) is 13.8 Å². The number of carbonyl (C=O) groups excluding carboxylic acids is 1. The largest absolute Gasteiger partial charge is 0.479 e. The molecule has 1 atom stereocenters. The molecule has 1 unspecified atom stereocenters. The molecular weight excluding hydrogens is 250 g/mol. The Labute approximate surface area is 110 Å². The van der Waals surface area contributed by atoms with Gasteiger partial charge in [-0.3, -0.25) is 9.48 Å². The standard InChI is InChI=1S/C12H17N3O4/c1-3-15-9(6-8(2)13-15)11(16)14-4-5-19-10(7-14)12(17)18/h6,10H,3-5,7H2,1-2H3,(H,17,18). The van der Waals surface area contributed by atoms with Crippen LogP contribution in [0.4, 0.5) is 0 Å². The molecule has 0 bridgehead atoms. The van der Waals surface area contributed by atoms with E-state index >= 15 is 0 Å². The molecule has 1 fully saturated rings. The number of carbonyl (C=O) groups is 2. The van der Waals surface area contributed by atoms with Gasteiger partial charge < -0.3 is 14.7 Å².